The van der Waals surface area contributed by atoms with Crippen LogP contribution in [0.4, 0.5) is 0 Å². The number of hydrogen-bond acceptors (Lipinski definition) is 18. The van der Waals surface area contributed by atoms with Crippen molar-refractivity contribution < 1.29 is 72.5 Å². The van der Waals surface area contributed by atoms with E-state index in [-0.39, 0.29) is 67.9 Å². The molecule has 2 saturated heterocycles. The number of fused-ring (bicyclic) bond motifs is 7. The molecule has 4 aliphatic rings. The van der Waals surface area contributed by atoms with Gasteiger partial charge in [-0.3, -0.25) is 47.9 Å². The molecule has 4 heterocycles. The standard InChI is InChI=1S/C53H79N11O15S2/c1-29(2)18-35-47(71)57-36(22-43(67)68)48(72)62-44(30(3)4)53(77)64-15-11-13-41(64)51(75)59-37(24-65)49(73)60-38(45(54)69)27-80-25-32-19-33-21-34(20-32)78-16-8-6-7-9-17-79-55-23-42(66)56-31(5)46(70)61-39(28-81-26-33)52(76)63-14-10-12-40(63)50(74)58-35/h19-21,23,29-31,35-41,44,65H,6-18,22,24-28H2,1-5H3,(H2,54,69)(H,56,66)(H,57,71)(H,58,74)(H,59,75)(H,60,73)(H,61,70)(H,62,72)(H,67,68)/p-1/b55-23+/t31-,35+,36-,37-,38-,39-,40-,41-,44-/m0/s1. The molecule has 5 rings (SSSR count). The number of aliphatic hydroxyl groups excluding tert-OH is 1. The molecule has 4 bridgehead atoms. The van der Waals surface area contributed by atoms with E-state index in [1.165, 1.54) is 40.2 Å². The van der Waals surface area contributed by atoms with Crippen molar-refractivity contribution in [2.45, 2.75) is 165 Å². The second-order valence-electron chi connectivity index (χ2n) is 21.3. The zero-order valence-electron chi connectivity index (χ0n) is 46.5. The quantitative estimate of drug-likeness (QED) is 0.140. The number of carboxylic acid groups (broad SMARTS) is 1. The number of aliphatic carboxylic acids is 1. The first-order chi connectivity index (χ1) is 38.6. The summed E-state index contributed by atoms with van der Waals surface area (Å²) in [5, 5.41) is 44.1. The summed E-state index contributed by atoms with van der Waals surface area (Å²) in [4.78, 5) is 158. The fraction of sp³-hybridized carbons (Fsp3) is 0.660. The van der Waals surface area contributed by atoms with Gasteiger partial charge in [0.2, 0.25) is 53.2 Å². The minimum Gasteiger partial charge on any atom is -0.550 e. The number of thioether (sulfide) groups is 2. The molecule has 4 aliphatic heterocycles. The van der Waals surface area contributed by atoms with E-state index in [0.29, 0.717) is 38.0 Å². The second-order valence-corrected chi connectivity index (χ2v) is 23.3. The maximum Gasteiger partial charge on any atom is 0.266 e. The topological polar surface area (TPSA) is 379 Å². The molecular weight excluding hydrogens is 1090 g/mol. The van der Waals surface area contributed by atoms with Crippen molar-refractivity contribution in [1.82, 2.24) is 47.0 Å². The number of primary amides is 1. The third-order valence-electron chi connectivity index (χ3n) is 13.9. The predicted octanol–water partition coefficient (Wildman–Crippen LogP) is -2.16. The van der Waals surface area contributed by atoms with Gasteiger partial charge in [-0.2, -0.15) is 23.5 Å². The molecule has 26 nitrogen and oxygen atoms in total. The average Bonchev–Trinajstić information content (AvgIpc) is 4.14. The highest BCUT2D eigenvalue weighted by atomic mass is 32.2. The number of carbonyl (C=O) groups is 11. The Kier molecular flexibility index (Phi) is 25.8. The molecule has 10 N–H and O–H groups in total. The largest absolute Gasteiger partial charge is 0.550 e. The van der Waals surface area contributed by atoms with E-state index in [9.17, 15) is 63.0 Å². The summed E-state index contributed by atoms with van der Waals surface area (Å²) >= 11 is 2.53. The van der Waals surface area contributed by atoms with Gasteiger partial charge in [0, 0.05) is 48.5 Å². The molecule has 2 fully saturated rings. The number of ether oxygens (including phenoxy) is 1. The first-order valence-electron chi connectivity index (χ1n) is 27.5. The molecule has 28 heteroatoms. The molecule has 9 atom stereocenters. The van der Waals surface area contributed by atoms with Gasteiger partial charge in [-0.1, -0.05) is 38.9 Å². The van der Waals surface area contributed by atoms with Gasteiger partial charge >= 0.3 is 0 Å². The van der Waals surface area contributed by atoms with Gasteiger partial charge in [-0.05, 0) is 99.8 Å². The van der Waals surface area contributed by atoms with E-state index in [2.05, 4.69) is 42.4 Å². The zero-order valence-corrected chi connectivity index (χ0v) is 48.1. The second kappa shape index (κ2) is 32.1. The Morgan fingerprint density at radius 2 is 1.26 bits per heavy atom. The van der Waals surface area contributed by atoms with Crippen LogP contribution in [0.3, 0.4) is 0 Å². The van der Waals surface area contributed by atoms with E-state index < -0.39 is 138 Å². The van der Waals surface area contributed by atoms with Crippen molar-refractivity contribution in [3.63, 3.8) is 0 Å². The Morgan fingerprint density at radius 3 is 1.85 bits per heavy atom. The van der Waals surface area contributed by atoms with Gasteiger partial charge in [0.25, 0.3) is 5.91 Å². The van der Waals surface area contributed by atoms with Crippen molar-refractivity contribution in [2.24, 2.45) is 22.7 Å². The number of hydrogen-bond donors (Lipinski definition) is 9. The fourth-order valence-electron chi connectivity index (χ4n) is 9.61. The number of nitrogens with one attached hydrogen (secondary N) is 7. The third kappa shape index (κ3) is 20.1. The lowest BCUT2D eigenvalue weighted by atomic mass is 10.00. The normalized spacial score (nSPS) is 27.9. The van der Waals surface area contributed by atoms with E-state index in [1.807, 2.05) is 18.2 Å². The summed E-state index contributed by atoms with van der Waals surface area (Å²) in [6.07, 6.45) is 3.77. The predicted molar refractivity (Wildman–Crippen MR) is 296 cm³/mol. The lowest BCUT2D eigenvalue weighted by Gasteiger charge is -2.32. The molecule has 448 valence electrons. The summed E-state index contributed by atoms with van der Waals surface area (Å²) in [6.45, 7) is 7.96. The molecule has 1 aromatic carbocycles. The Hall–Kier alpha value is -6.68. The zero-order chi connectivity index (χ0) is 59.3. The van der Waals surface area contributed by atoms with Crippen molar-refractivity contribution in [2.75, 3.05) is 44.4 Å². The third-order valence-corrected chi connectivity index (χ3v) is 16.1. The van der Waals surface area contributed by atoms with Crippen molar-refractivity contribution >= 4 is 94.8 Å². The van der Waals surface area contributed by atoms with Crippen LogP contribution in [0.5, 0.6) is 5.75 Å². The highest BCUT2D eigenvalue weighted by Crippen LogP contribution is 2.27. The Labute approximate surface area is 479 Å². The van der Waals surface area contributed by atoms with Gasteiger partial charge in [0.15, 0.2) is 0 Å². The fourth-order valence-corrected chi connectivity index (χ4v) is 11.6. The van der Waals surface area contributed by atoms with Gasteiger partial charge in [0.05, 0.1) is 13.2 Å². The monoisotopic (exact) mass is 1170 g/mol. The number of carbonyl (C=O) groups excluding carboxylic acids is 11. The number of rotatable bonds is 7. The molecule has 10 amide bonds. The number of benzene rings is 1. The highest BCUT2D eigenvalue weighted by Gasteiger charge is 2.43. The minimum atomic E-state index is -1.84. The van der Waals surface area contributed by atoms with E-state index in [4.69, 9.17) is 15.3 Å². The Bertz CT molecular complexity index is 2470. The van der Waals surface area contributed by atoms with E-state index >= 15 is 0 Å². The highest BCUT2D eigenvalue weighted by molar-refractivity contribution is 7.98. The lowest BCUT2D eigenvalue weighted by Crippen LogP contribution is -2.61. The molecule has 0 saturated carbocycles. The summed E-state index contributed by atoms with van der Waals surface area (Å²) in [5.41, 5.74) is 7.27. The maximum atomic E-state index is 14.8. The number of oxime groups is 1. The van der Waals surface area contributed by atoms with Crippen LogP contribution in [-0.4, -0.2) is 185 Å². The average molecular weight is 1170 g/mol. The first-order valence-corrected chi connectivity index (χ1v) is 29.8. The number of nitrogens with two attached hydrogens (primary N) is 1. The van der Waals surface area contributed by atoms with Crippen molar-refractivity contribution in [1.29, 1.82) is 0 Å². The van der Waals surface area contributed by atoms with Gasteiger partial charge in [0.1, 0.15) is 72.9 Å². The van der Waals surface area contributed by atoms with Crippen LogP contribution < -0.4 is 52.8 Å². The molecule has 0 spiro atoms. The van der Waals surface area contributed by atoms with Crippen LogP contribution in [0.1, 0.15) is 110 Å². The van der Waals surface area contributed by atoms with Crippen molar-refractivity contribution in [3.8, 4) is 5.75 Å². The summed E-state index contributed by atoms with van der Waals surface area (Å²) < 4.78 is 6.22. The van der Waals surface area contributed by atoms with Gasteiger partial charge in [-0.25, -0.2) is 0 Å². The molecule has 1 aromatic rings. The number of aliphatic hydroxyl groups is 1. The number of carboxylic acids is 1. The summed E-state index contributed by atoms with van der Waals surface area (Å²) in [5.74, 6) is -9.85. The molecule has 0 aromatic heterocycles. The van der Waals surface area contributed by atoms with Crippen molar-refractivity contribution in [3.05, 3.63) is 29.3 Å². The van der Waals surface area contributed by atoms with Gasteiger partial charge < -0.3 is 77.3 Å². The molecule has 0 radical (unpaired) electrons. The van der Waals surface area contributed by atoms with E-state index in [1.54, 1.807) is 27.7 Å². The SMILES string of the molecule is CC(C)C[C@H]1NC(=O)[C@@H]2CCCN2C(=O)[C@@H]2CSCc3cc(cc(c3)OCCCCCCO/N=C/C(=O)N[C@@H](C)C(=O)N2)CSC[C@@H](C(N)=O)NC(=O)[C@H](CO)NC(=O)[C@@H]2CCCN2C(=O)[C@H](C(C)C)NC(=O)[C@H](CC(=O)[O-])NC1=O. The molecule has 0 unspecified atom stereocenters. The summed E-state index contributed by atoms with van der Waals surface area (Å²) in [6, 6.07) is -6.62. The Balaban J connectivity index is 1.53. The van der Waals surface area contributed by atoms with Crippen LogP contribution in [0, 0.1) is 11.8 Å². The molecular formula is C53H78N11O15S2-. The van der Waals surface area contributed by atoms with Crippen LogP contribution in [-0.2, 0) is 69.1 Å². The van der Waals surface area contributed by atoms with E-state index in [0.717, 1.165) is 30.2 Å². The maximum absolute atomic E-state index is 14.8. The van der Waals surface area contributed by atoms with Gasteiger partial charge in [-0.15, -0.1) is 0 Å². The number of amides is 10. The van der Waals surface area contributed by atoms with Crippen LogP contribution in [0.15, 0.2) is 23.4 Å². The molecule has 81 heavy (non-hydrogen) atoms. The Morgan fingerprint density at radius 1 is 0.691 bits per heavy atom. The lowest BCUT2D eigenvalue weighted by molar-refractivity contribution is -0.306. The van der Waals surface area contributed by atoms with Crippen LogP contribution >= 0.6 is 23.5 Å². The number of nitrogens with zero attached hydrogens (tertiary/aromatic N) is 3. The summed E-state index contributed by atoms with van der Waals surface area (Å²) in [7, 11) is 0. The van der Waals surface area contributed by atoms with Crippen LogP contribution in [0.2, 0.25) is 0 Å². The first kappa shape index (κ1) is 65.1. The minimum absolute atomic E-state index is 0.00362. The van der Waals surface area contributed by atoms with Crippen LogP contribution in [0.25, 0.3) is 0 Å². The molecule has 0 aliphatic carbocycles. The smallest absolute Gasteiger partial charge is 0.266 e.